The summed E-state index contributed by atoms with van der Waals surface area (Å²) in [6.45, 7) is 1.60. The molecule has 0 aliphatic carbocycles. The minimum Gasteiger partial charge on any atom is -0.478 e. The second-order valence-corrected chi connectivity index (χ2v) is 7.46. The Hall–Kier alpha value is -3.89. The van der Waals surface area contributed by atoms with E-state index in [0.717, 1.165) is 4.68 Å². The summed E-state index contributed by atoms with van der Waals surface area (Å²) in [7, 11) is 1.31. The first kappa shape index (κ1) is 24.7. The zero-order chi connectivity index (χ0) is 25.0. The Morgan fingerprint density at radius 3 is 2.38 bits per heavy atom. The van der Waals surface area contributed by atoms with Crippen LogP contribution in [0.1, 0.15) is 56.9 Å². The third kappa shape index (κ3) is 5.72. The molecule has 0 spiro atoms. The SMILES string of the molecule is CC(NC(=O)c1c(C(F)F)nn(C)c1Oc1cccc(CC(F)F)c1)c1ccc(C(=O)O)cc1. The number of carbonyl (C=O) groups excluding carboxylic acids is 1. The lowest BCUT2D eigenvalue weighted by atomic mass is 10.1. The molecule has 0 fully saturated rings. The summed E-state index contributed by atoms with van der Waals surface area (Å²) in [5.41, 5.74) is -0.423. The Morgan fingerprint density at radius 1 is 1.12 bits per heavy atom. The van der Waals surface area contributed by atoms with E-state index in [0.29, 0.717) is 5.56 Å². The lowest BCUT2D eigenvalue weighted by Crippen LogP contribution is -2.27. The number of carboxylic acids is 1. The number of aryl methyl sites for hydroxylation is 1. The Balaban J connectivity index is 1.89. The molecule has 1 aromatic heterocycles. The second kappa shape index (κ2) is 10.4. The van der Waals surface area contributed by atoms with Crippen LogP contribution < -0.4 is 10.1 Å². The number of hydrogen-bond acceptors (Lipinski definition) is 4. The van der Waals surface area contributed by atoms with Crippen molar-refractivity contribution in [3.8, 4) is 11.6 Å². The maximum absolute atomic E-state index is 13.7. The normalized spacial score (nSPS) is 12.1. The lowest BCUT2D eigenvalue weighted by molar-refractivity contribution is 0.0696. The third-order valence-corrected chi connectivity index (χ3v) is 4.96. The number of benzene rings is 2. The largest absolute Gasteiger partial charge is 0.478 e. The fourth-order valence-corrected chi connectivity index (χ4v) is 3.30. The molecule has 0 radical (unpaired) electrons. The summed E-state index contributed by atoms with van der Waals surface area (Å²) in [6.07, 6.45) is -6.18. The first-order valence-corrected chi connectivity index (χ1v) is 10.1. The van der Waals surface area contributed by atoms with Gasteiger partial charge >= 0.3 is 5.97 Å². The number of aromatic carboxylic acids is 1. The number of amides is 1. The van der Waals surface area contributed by atoms with Crippen LogP contribution in [0.5, 0.6) is 11.6 Å². The monoisotopic (exact) mass is 479 g/mol. The quantitative estimate of drug-likeness (QED) is 0.414. The van der Waals surface area contributed by atoms with Crippen LogP contribution in [-0.2, 0) is 13.5 Å². The van der Waals surface area contributed by atoms with Gasteiger partial charge < -0.3 is 15.2 Å². The highest BCUT2D eigenvalue weighted by Crippen LogP contribution is 2.33. The Labute approximate surface area is 192 Å². The van der Waals surface area contributed by atoms with Gasteiger partial charge in [-0.1, -0.05) is 24.3 Å². The highest BCUT2D eigenvalue weighted by molar-refractivity contribution is 5.98. The molecule has 11 heteroatoms. The average molecular weight is 479 g/mol. The van der Waals surface area contributed by atoms with Crippen LogP contribution in [0.2, 0.25) is 0 Å². The van der Waals surface area contributed by atoms with Crippen LogP contribution in [-0.4, -0.2) is 33.2 Å². The summed E-state index contributed by atoms with van der Waals surface area (Å²) in [4.78, 5) is 24.0. The van der Waals surface area contributed by atoms with Gasteiger partial charge in [0.05, 0.1) is 11.6 Å². The molecule has 2 N–H and O–H groups in total. The van der Waals surface area contributed by atoms with Crippen molar-refractivity contribution < 1.29 is 37.0 Å². The molecular formula is C23H21F4N3O4. The van der Waals surface area contributed by atoms with Crippen LogP contribution in [0.25, 0.3) is 0 Å². The Bertz CT molecular complexity index is 1180. The van der Waals surface area contributed by atoms with E-state index >= 15 is 0 Å². The van der Waals surface area contributed by atoms with Crippen molar-refractivity contribution in [3.63, 3.8) is 0 Å². The molecule has 3 aromatic rings. The highest BCUT2D eigenvalue weighted by atomic mass is 19.3. The molecule has 0 saturated carbocycles. The van der Waals surface area contributed by atoms with Crippen molar-refractivity contribution in [2.45, 2.75) is 32.2 Å². The summed E-state index contributed by atoms with van der Waals surface area (Å²) < 4.78 is 59.3. The fourth-order valence-electron chi connectivity index (χ4n) is 3.30. The number of carbonyl (C=O) groups is 2. The van der Waals surface area contributed by atoms with Crippen molar-refractivity contribution in [3.05, 3.63) is 76.5 Å². The van der Waals surface area contributed by atoms with E-state index < -0.39 is 48.4 Å². The molecule has 0 aliphatic heterocycles. The first-order chi connectivity index (χ1) is 16.1. The van der Waals surface area contributed by atoms with Gasteiger partial charge in [-0.05, 0) is 42.3 Å². The van der Waals surface area contributed by atoms with Crippen LogP contribution >= 0.6 is 0 Å². The predicted molar refractivity (Wildman–Crippen MR) is 114 cm³/mol. The van der Waals surface area contributed by atoms with E-state index in [1.165, 1.54) is 55.6 Å². The van der Waals surface area contributed by atoms with E-state index in [9.17, 15) is 27.2 Å². The van der Waals surface area contributed by atoms with Gasteiger partial charge in [-0.3, -0.25) is 4.79 Å². The molecule has 34 heavy (non-hydrogen) atoms. The Kier molecular flexibility index (Phi) is 7.54. The minimum atomic E-state index is -3.08. The van der Waals surface area contributed by atoms with E-state index in [1.807, 2.05) is 0 Å². The number of nitrogens with one attached hydrogen (secondary N) is 1. The number of rotatable bonds is 9. The van der Waals surface area contributed by atoms with Gasteiger partial charge in [0.25, 0.3) is 12.3 Å². The average Bonchev–Trinajstić information content (AvgIpc) is 3.10. The number of nitrogens with zero attached hydrogens (tertiary/aromatic N) is 2. The zero-order valence-corrected chi connectivity index (χ0v) is 18.1. The van der Waals surface area contributed by atoms with Gasteiger partial charge in [0.2, 0.25) is 12.3 Å². The number of hydrogen-bond donors (Lipinski definition) is 2. The lowest BCUT2D eigenvalue weighted by Gasteiger charge is -2.16. The standard InChI is InChI=1S/C23H21F4N3O4/c1-12(14-6-8-15(9-7-14)23(32)33)28-21(31)18-19(20(26)27)29-30(2)22(18)34-16-5-3-4-13(10-16)11-17(24)25/h3-10,12,17,20H,11H2,1-2H3,(H,28,31)(H,32,33). The van der Waals surface area contributed by atoms with Gasteiger partial charge in [0, 0.05) is 13.5 Å². The second-order valence-electron chi connectivity index (χ2n) is 7.46. The van der Waals surface area contributed by atoms with Crippen molar-refractivity contribution >= 4 is 11.9 Å². The first-order valence-electron chi connectivity index (χ1n) is 10.1. The summed E-state index contributed by atoms with van der Waals surface area (Å²) >= 11 is 0. The molecular weight excluding hydrogens is 458 g/mol. The van der Waals surface area contributed by atoms with Gasteiger partial charge in [0.15, 0.2) is 0 Å². The Morgan fingerprint density at radius 2 is 1.79 bits per heavy atom. The molecule has 0 aliphatic rings. The predicted octanol–water partition coefficient (Wildman–Crippen LogP) is 5.15. The number of ether oxygens (including phenoxy) is 1. The molecule has 1 unspecified atom stereocenters. The summed E-state index contributed by atoms with van der Waals surface area (Å²) in [5, 5.41) is 15.3. The van der Waals surface area contributed by atoms with Crippen LogP contribution in [0.3, 0.4) is 0 Å². The molecule has 0 saturated heterocycles. The van der Waals surface area contributed by atoms with Gasteiger partial charge in [0.1, 0.15) is 17.0 Å². The number of halogens is 4. The molecule has 0 bridgehead atoms. The van der Waals surface area contributed by atoms with E-state index in [1.54, 1.807) is 6.92 Å². The summed E-state index contributed by atoms with van der Waals surface area (Å²) in [6, 6.07) is 10.8. The van der Waals surface area contributed by atoms with Gasteiger partial charge in [-0.2, -0.15) is 5.10 Å². The molecule has 7 nitrogen and oxygen atoms in total. The van der Waals surface area contributed by atoms with E-state index in [-0.39, 0.29) is 22.8 Å². The van der Waals surface area contributed by atoms with Crippen molar-refractivity contribution in [2.24, 2.45) is 7.05 Å². The molecule has 180 valence electrons. The van der Waals surface area contributed by atoms with Crippen molar-refractivity contribution in [1.29, 1.82) is 0 Å². The third-order valence-electron chi connectivity index (χ3n) is 4.96. The number of carboxylic acid groups (broad SMARTS) is 1. The minimum absolute atomic E-state index is 0.0549. The molecule has 1 heterocycles. The maximum Gasteiger partial charge on any atom is 0.335 e. The number of alkyl halides is 4. The van der Waals surface area contributed by atoms with Crippen LogP contribution in [0.4, 0.5) is 17.6 Å². The number of aromatic nitrogens is 2. The fraction of sp³-hybridized carbons (Fsp3) is 0.261. The van der Waals surface area contributed by atoms with Crippen LogP contribution in [0, 0.1) is 0 Å². The van der Waals surface area contributed by atoms with Crippen LogP contribution in [0.15, 0.2) is 48.5 Å². The highest BCUT2D eigenvalue weighted by Gasteiger charge is 2.30. The maximum atomic E-state index is 13.7. The molecule has 3 rings (SSSR count). The smallest absolute Gasteiger partial charge is 0.335 e. The topological polar surface area (TPSA) is 93.5 Å². The summed E-state index contributed by atoms with van der Waals surface area (Å²) in [5.74, 6) is -2.21. The van der Waals surface area contributed by atoms with Crippen molar-refractivity contribution in [1.82, 2.24) is 15.1 Å². The molecule has 2 aromatic carbocycles. The molecule has 1 atom stereocenters. The zero-order valence-electron chi connectivity index (χ0n) is 18.1. The van der Waals surface area contributed by atoms with E-state index in [2.05, 4.69) is 10.4 Å². The van der Waals surface area contributed by atoms with E-state index in [4.69, 9.17) is 9.84 Å². The van der Waals surface area contributed by atoms with Gasteiger partial charge in [-0.25, -0.2) is 27.0 Å². The van der Waals surface area contributed by atoms with Gasteiger partial charge in [-0.15, -0.1) is 0 Å². The molecule has 1 amide bonds. The van der Waals surface area contributed by atoms with Crippen molar-refractivity contribution in [2.75, 3.05) is 0 Å².